The molecule has 0 spiro atoms. The number of benzene rings is 1. The van der Waals surface area contributed by atoms with Gasteiger partial charge >= 0.3 is 0 Å². The van der Waals surface area contributed by atoms with Crippen LogP contribution in [0.25, 0.3) is 22.2 Å². The van der Waals surface area contributed by atoms with E-state index in [-0.39, 0.29) is 11.5 Å². The maximum absolute atomic E-state index is 14.0. The monoisotopic (exact) mass is 412 g/mol. The molecular formula is C18H13FN6OS2. The number of thioether (sulfide) groups is 1. The molecule has 0 saturated heterocycles. The van der Waals surface area contributed by atoms with E-state index in [1.165, 1.54) is 30.0 Å². The molecule has 140 valence electrons. The van der Waals surface area contributed by atoms with Gasteiger partial charge in [0.2, 0.25) is 0 Å². The van der Waals surface area contributed by atoms with Crippen LogP contribution < -0.4 is 0 Å². The first-order chi connectivity index (χ1) is 13.7. The van der Waals surface area contributed by atoms with Crippen LogP contribution in [-0.2, 0) is 12.3 Å². The van der Waals surface area contributed by atoms with Crippen LogP contribution >= 0.6 is 23.1 Å². The minimum atomic E-state index is -0.520. The van der Waals surface area contributed by atoms with Crippen molar-refractivity contribution in [2.24, 2.45) is 0 Å². The number of rotatable bonds is 6. The Morgan fingerprint density at radius 2 is 2.21 bits per heavy atom. The van der Waals surface area contributed by atoms with Gasteiger partial charge in [0.25, 0.3) is 5.89 Å². The van der Waals surface area contributed by atoms with E-state index >= 15 is 0 Å². The summed E-state index contributed by atoms with van der Waals surface area (Å²) in [6, 6.07) is 9.94. The minimum Gasteiger partial charge on any atom is -0.334 e. The zero-order valence-electron chi connectivity index (χ0n) is 14.7. The fourth-order valence-electron chi connectivity index (χ4n) is 2.58. The number of nitrogens with zero attached hydrogens (tertiary/aromatic N) is 6. The molecule has 0 aliphatic rings. The van der Waals surface area contributed by atoms with Crippen molar-refractivity contribution in [1.82, 2.24) is 24.9 Å². The molecule has 0 aliphatic heterocycles. The molecule has 0 amide bonds. The van der Waals surface area contributed by atoms with Gasteiger partial charge in [-0.3, -0.25) is 0 Å². The van der Waals surface area contributed by atoms with Crippen LogP contribution in [0.1, 0.15) is 18.3 Å². The SMILES string of the molecule is CCn1c(SCc2noc(-c3cc(C#N)ccc3F)n2)nnc1-c1cccs1. The van der Waals surface area contributed by atoms with Crippen LogP contribution in [0.5, 0.6) is 0 Å². The summed E-state index contributed by atoms with van der Waals surface area (Å²) >= 11 is 3.03. The second-order valence-electron chi connectivity index (χ2n) is 5.64. The number of aromatic nitrogens is 5. The normalized spacial score (nSPS) is 10.9. The summed E-state index contributed by atoms with van der Waals surface area (Å²) in [7, 11) is 0. The number of nitriles is 1. The third-order valence-electron chi connectivity index (χ3n) is 3.90. The average Bonchev–Trinajstić information content (AvgIpc) is 3.46. The highest BCUT2D eigenvalue weighted by Gasteiger charge is 2.17. The van der Waals surface area contributed by atoms with Gasteiger partial charge in [-0.1, -0.05) is 23.0 Å². The van der Waals surface area contributed by atoms with E-state index in [9.17, 15) is 4.39 Å². The summed E-state index contributed by atoms with van der Waals surface area (Å²) in [4.78, 5) is 5.29. The Labute approximate surface area is 167 Å². The summed E-state index contributed by atoms with van der Waals surface area (Å²) < 4.78 is 21.2. The second-order valence-corrected chi connectivity index (χ2v) is 7.53. The Morgan fingerprint density at radius 3 is 2.96 bits per heavy atom. The predicted molar refractivity (Wildman–Crippen MR) is 103 cm³/mol. The Hall–Kier alpha value is -3.03. The summed E-state index contributed by atoms with van der Waals surface area (Å²) in [6.45, 7) is 2.76. The van der Waals surface area contributed by atoms with Gasteiger partial charge in [-0.2, -0.15) is 10.2 Å². The molecule has 0 bridgehead atoms. The highest BCUT2D eigenvalue weighted by molar-refractivity contribution is 7.98. The van der Waals surface area contributed by atoms with Crippen LogP contribution in [0.15, 0.2) is 45.4 Å². The van der Waals surface area contributed by atoms with Crippen molar-refractivity contribution >= 4 is 23.1 Å². The van der Waals surface area contributed by atoms with Gasteiger partial charge < -0.3 is 9.09 Å². The Morgan fingerprint density at radius 1 is 1.32 bits per heavy atom. The van der Waals surface area contributed by atoms with E-state index in [0.717, 1.165) is 22.4 Å². The Kier molecular flexibility index (Phi) is 5.18. The zero-order valence-corrected chi connectivity index (χ0v) is 16.3. The van der Waals surface area contributed by atoms with E-state index in [1.807, 2.05) is 35.1 Å². The molecule has 0 N–H and O–H groups in total. The van der Waals surface area contributed by atoms with Gasteiger partial charge in [-0.15, -0.1) is 21.5 Å². The largest absolute Gasteiger partial charge is 0.334 e. The predicted octanol–water partition coefficient (Wildman–Crippen LogP) is 4.38. The molecule has 0 atom stereocenters. The molecule has 3 heterocycles. The first-order valence-corrected chi connectivity index (χ1v) is 10.2. The van der Waals surface area contributed by atoms with Crippen molar-refractivity contribution in [1.29, 1.82) is 5.26 Å². The highest BCUT2D eigenvalue weighted by Crippen LogP contribution is 2.29. The van der Waals surface area contributed by atoms with Crippen molar-refractivity contribution in [3.8, 4) is 28.2 Å². The smallest absolute Gasteiger partial charge is 0.260 e. The lowest BCUT2D eigenvalue weighted by molar-refractivity contribution is 0.422. The maximum Gasteiger partial charge on any atom is 0.260 e. The van der Waals surface area contributed by atoms with Crippen molar-refractivity contribution in [3.63, 3.8) is 0 Å². The maximum atomic E-state index is 14.0. The fraction of sp³-hybridized carbons (Fsp3) is 0.167. The van der Waals surface area contributed by atoms with E-state index in [1.54, 1.807) is 11.3 Å². The van der Waals surface area contributed by atoms with Crippen molar-refractivity contribution in [2.75, 3.05) is 0 Å². The lowest BCUT2D eigenvalue weighted by Crippen LogP contribution is -1.99. The molecule has 7 nitrogen and oxygen atoms in total. The average molecular weight is 412 g/mol. The van der Waals surface area contributed by atoms with Gasteiger partial charge in [0.05, 0.1) is 27.8 Å². The lowest BCUT2D eigenvalue weighted by Gasteiger charge is -2.04. The molecule has 4 aromatic rings. The van der Waals surface area contributed by atoms with Gasteiger partial charge in [0.15, 0.2) is 16.8 Å². The van der Waals surface area contributed by atoms with Crippen molar-refractivity contribution in [3.05, 3.63) is 52.9 Å². The van der Waals surface area contributed by atoms with Crippen molar-refractivity contribution < 1.29 is 8.91 Å². The van der Waals surface area contributed by atoms with Crippen LogP contribution in [0, 0.1) is 17.1 Å². The summed E-state index contributed by atoms with van der Waals surface area (Å²) in [5.41, 5.74) is 0.433. The van der Waals surface area contributed by atoms with E-state index in [4.69, 9.17) is 9.78 Å². The summed E-state index contributed by atoms with van der Waals surface area (Å²) in [5, 5.41) is 24.2. The highest BCUT2D eigenvalue weighted by atomic mass is 32.2. The van der Waals surface area contributed by atoms with Gasteiger partial charge in [0.1, 0.15) is 5.82 Å². The zero-order chi connectivity index (χ0) is 19.5. The van der Waals surface area contributed by atoms with E-state index < -0.39 is 5.82 Å². The molecule has 0 aliphatic carbocycles. The van der Waals surface area contributed by atoms with Crippen LogP contribution in [0.3, 0.4) is 0 Å². The Balaban J connectivity index is 1.52. The molecule has 3 aromatic heterocycles. The molecule has 4 rings (SSSR count). The quantitative estimate of drug-likeness (QED) is 0.434. The number of halogens is 1. The van der Waals surface area contributed by atoms with E-state index in [2.05, 4.69) is 20.3 Å². The van der Waals surface area contributed by atoms with Crippen molar-refractivity contribution in [2.45, 2.75) is 24.4 Å². The molecule has 0 saturated carbocycles. The van der Waals surface area contributed by atoms with Gasteiger partial charge in [-0.25, -0.2) is 4.39 Å². The first kappa shape index (κ1) is 18.3. The third kappa shape index (κ3) is 3.54. The third-order valence-corrected chi connectivity index (χ3v) is 5.73. The van der Waals surface area contributed by atoms with E-state index in [0.29, 0.717) is 17.1 Å². The Bertz CT molecular complexity index is 1150. The van der Waals surface area contributed by atoms with Crippen LogP contribution in [0.4, 0.5) is 4.39 Å². The van der Waals surface area contributed by atoms with Crippen LogP contribution in [0.2, 0.25) is 0 Å². The number of thiophene rings is 1. The number of hydrogen-bond acceptors (Lipinski definition) is 8. The standard InChI is InChI=1S/C18H13FN6OS2/c1-2-25-16(14-4-3-7-27-14)22-23-18(25)28-10-15-21-17(26-24-15)12-8-11(9-20)5-6-13(12)19/h3-8H,2,10H2,1H3. The molecule has 0 unspecified atom stereocenters. The fourth-order valence-corrected chi connectivity index (χ4v) is 4.14. The first-order valence-electron chi connectivity index (χ1n) is 8.32. The minimum absolute atomic E-state index is 0.0430. The lowest BCUT2D eigenvalue weighted by atomic mass is 10.1. The molecule has 0 radical (unpaired) electrons. The molecule has 10 heteroatoms. The van der Waals surface area contributed by atoms with Gasteiger partial charge in [0, 0.05) is 6.54 Å². The molecule has 1 aromatic carbocycles. The molecule has 28 heavy (non-hydrogen) atoms. The van der Waals surface area contributed by atoms with Gasteiger partial charge in [-0.05, 0) is 36.6 Å². The summed E-state index contributed by atoms with van der Waals surface area (Å²) in [5.74, 6) is 1.15. The number of hydrogen-bond donors (Lipinski definition) is 0. The van der Waals surface area contributed by atoms with Crippen LogP contribution in [-0.4, -0.2) is 24.9 Å². The molecule has 0 fully saturated rings. The molecular weight excluding hydrogens is 399 g/mol. The summed E-state index contributed by atoms with van der Waals surface area (Å²) in [6.07, 6.45) is 0. The topological polar surface area (TPSA) is 93.4 Å². The second kappa shape index (κ2) is 7.92.